The third-order valence-electron chi connectivity index (χ3n) is 2.13. The minimum Gasteiger partial charge on any atom is -0.390 e. The van der Waals surface area contributed by atoms with E-state index in [-0.39, 0.29) is 12.9 Å². The van der Waals surface area contributed by atoms with Gasteiger partial charge in [-0.05, 0) is 7.78 Å². The minimum absolute atomic E-state index is 0. The molecule has 2 rings (SSSR count). The maximum absolute atomic E-state index is 8.89. The molecule has 0 aromatic carbocycles. The molecule has 2 saturated heterocycles. The first kappa shape index (κ1) is 27.5. The summed E-state index contributed by atoms with van der Waals surface area (Å²) in [5.41, 5.74) is 2.31. The number of rotatable bonds is 4. The van der Waals surface area contributed by atoms with Crippen LogP contribution in [0.15, 0.2) is 0 Å². The Morgan fingerprint density at radius 2 is 1.38 bits per heavy atom. The molecule has 0 amide bonds. The van der Waals surface area contributed by atoms with Crippen molar-refractivity contribution in [2.45, 2.75) is 24.4 Å². The molecular weight excluding hydrogens is 503 g/mol. The Kier molecular flexibility index (Phi) is 26.1. The summed E-state index contributed by atoms with van der Waals surface area (Å²) in [7, 11) is 9.07. The Labute approximate surface area is 190 Å². The van der Waals surface area contributed by atoms with Crippen LogP contribution in [0.3, 0.4) is 0 Å². The molecule has 0 aromatic heterocycles. The van der Waals surface area contributed by atoms with E-state index in [1.807, 2.05) is 21.2 Å². The average Bonchev–Trinajstić information content (AvgIpc) is 2.63. The minimum atomic E-state index is -0.740. The maximum atomic E-state index is 8.89. The molecule has 4 N–H and O–H groups in total. The summed E-state index contributed by atoms with van der Waals surface area (Å²) in [5.74, 6) is 1.88. The molecule has 6 atom stereocenters. The Bertz CT molecular complexity index is 244. The van der Waals surface area contributed by atoms with Crippen LogP contribution in [0.4, 0.5) is 0 Å². The first-order valence-corrected chi connectivity index (χ1v) is 17.7. The topological polar surface area (TPSA) is 80.9 Å². The third kappa shape index (κ3) is 20.2. The summed E-state index contributed by atoms with van der Waals surface area (Å²) >= 11 is 15.3. The first-order chi connectivity index (χ1) is 12.4. The highest BCUT2D eigenvalue weighted by atomic mass is 33.3. The Morgan fingerprint density at radius 1 is 1.08 bits per heavy atom. The van der Waals surface area contributed by atoms with Gasteiger partial charge < -0.3 is 20.4 Å². The second kappa shape index (κ2) is 22.8. The summed E-state index contributed by atoms with van der Waals surface area (Å²) in [6.07, 6.45) is -2.48. The summed E-state index contributed by atoms with van der Waals surface area (Å²) < 4.78 is 10.0. The van der Waals surface area contributed by atoms with Gasteiger partial charge in [-0.3, -0.25) is 0 Å². The largest absolute Gasteiger partial charge is 0.390 e. The van der Waals surface area contributed by atoms with Gasteiger partial charge in [0.2, 0.25) is 0 Å². The third-order valence-corrected chi connectivity index (χ3v) is 13.3. The molecule has 14 heteroatoms. The molecular formula is C10H30O4P2S8. The number of hydrogen-bond donors (Lipinski definition) is 8. The molecule has 0 aliphatic carbocycles. The molecule has 0 bridgehead atoms. The fraction of sp³-hybridized carbons (Fsp3) is 1.00. The zero-order chi connectivity index (χ0) is 20.8. The molecule has 0 spiro atoms. The van der Waals surface area contributed by atoms with Crippen molar-refractivity contribution in [2.24, 2.45) is 0 Å². The highest BCUT2D eigenvalue weighted by molar-refractivity contribution is 9.03. The van der Waals surface area contributed by atoms with E-state index < -0.39 is 24.4 Å². The van der Waals surface area contributed by atoms with Crippen molar-refractivity contribution in [2.75, 3.05) is 34.0 Å². The van der Waals surface area contributed by atoms with E-state index in [1.54, 1.807) is 21.6 Å². The molecule has 152 valence electrons. The molecule has 2 aliphatic rings. The van der Waals surface area contributed by atoms with Gasteiger partial charge in [-0.1, -0.05) is 50.6 Å². The summed E-state index contributed by atoms with van der Waals surface area (Å²) in [6.45, 7) is 0. The predicted molar refractivity (Wildman–Crippen MR) is 140 cm³/mol. The SMILES string of the molecule is C1PSS1.OC(CS)C(O)CS.OC1CSSCC1O.SCPS.[2H][3H].[3HH]. The second-order valence-electron chi connectivity index (χ2n) is 4.01. The van der Waals surface area contributed by atoms with Gasteiger partial charge in [0.1, 0.15) is 0 Å². The highest BCUT2D eigenvalue weighted by Gasteiger charge is 2.20. The van der Waals surface area contributed by atoms with Crippen LogP contribution < -0.4 is 0 Å². The predicted octanol–water partition coefficient (Wildman–Crippen LogP) is 3.49. The highest BCUT2D eigenvalue weighted by Crippen LogP contribution is 2.55. The van der Waals surface area contributed by atoms with Gasteiger partial charge >= 0.3 is 0 Å². The van der Waals surface area contributed by atoms with E-state index in [4.69, 9.17) is 23.4 Å². The van der Waals surface area contributed by atoms with E-state index in [0.29, 0.717) is 19.3 Å². The van der Waals surface area contributed by atoms with Crippen LogP contribution in [0.1, 0.15) is 4.40 Å². The van der Waals surface area contributed by atoms with Gasteiger partial charge in [-0.2, -0.15) is 50.1 Å². The Hall–Kier alpha value is 3.50. The van der Waals surface area contributed by atoms with Crippen molar-refractivity contribution in [1.29, 1.82) is 0 Å². The van der Waals surface area contributed by atoms with Crippen molar-refractivity contribution < 1.29 is 24.8 Å². The molecule has 0 radical (unpaired) electrons. The van der Waals surface area contributed by atoms with Crippen LogP contribution in [-0.2, 0) is 0 Å². The van der Waals surface area contributed by atoms with Crippen molar-refractivity contribution in [1.82, 2.24) is 0 Å². The molecule has 2 aliphatic heterocycles. The summed E-state index contributed by atoms with van der Waals surface area (Å²) in [6, 6.07) is 0. The smallest absolute Gasteiger partial charge is 0.0906 e. The van der Waals surface area contributed by atoms with Crippen molar-refractivity contribution in [3.05, 3.63) is 0 Å². The van der Waals surface area contributed by atoms with Crippen LogP contribution in [-0.4, -0.2) is 78.8 Å². The zero-order valence-electron chi connectivity index (χ0n) is 14.8. The second-order valence-corrected chi connectivity index (χ2v) is 15.2. The van der Waals surface area contributed by atoms with Crippen LogP contribution in [0.5, 0.6) is 0 Å². The van der Waals surface area contributed by atoms with Crippen LogP contribution in [0.25, 0.3) is 0 Å². The fourth-order valence-corrected chi connectivity index (χ4v) is 5.11. The Morgan fingerprint density at radius 3 is 1.50 bits per heavy atom. The van der Waals surface area contributed by atoms with Crippen LogP contribution in [0.2, 0.25) is 0 Å². The van der Waals surface area contributed by atoms with Gasteiger partial charge in [-0.25, -0.2) is 0 Å². The number of thiol groups is 4. The van der Waals surface area contributed by atoms with Gasteiger partial charge in [-0.15, -0.1) is 0 Å². The molecule has 2 fully saturated rings. The van der Waals surface area contributed by atoms with Crippen LogP contribution in [0, 0.1) is 0 Å². The monoisotopic (exact) mass is 537 g/mol. The lowest BCUT2D eigenvalue weighted by Crippen LogP contribution is -2.32. The van der Waals surface area contributed by atoms with Gasteiger partial charge in [0.25, 0.3) is 0 Å². The first-order valence-electron chi connectivity index (χ1n) is 7.62. The standard InChI is InChI=1S/C4H8O2S2.C4H10O2S2.CH3PS2.CH5PS2.2H2/c5-3-1-7-8-2-4(3)6;5-3(1-7)4(6)2-8;1-2-4-3-1;3-1-2-4;;/h3-6H,1-2H2;3-8H,1-2H2;2H,1H2;2-4H,1H2;2*1H/i;;;;1+2D;1+2. The van der Waals surface area contributed by atoms with E-state index in [0.717, 1.165) is 5.49 Å². The van der Waals surface area contributed by atoms with Crippen molar-refractivity contribution in [3.8, 4) is 0 Å². The van der Waals surface area contributed by atoms with Gasteiger partial charge in [0, 0.05) is 38.4 Å². The number of aliphatic hydroxyl groups is 4. The van der Waals surface area contributed by atoms with Gasteiger partial charge in [0.05, 0.1) is 24.4 Å². The molecule has 24 heavy (non-hydrogen) atoms. The maximum Gasteiger partial charge on any atom is 0.0906 e. The Balaban J connectivity index is -0.000000130. The quantitative estimate of drug-likeness (QED) is 0.157. The molecule has 4 nitrogen and oxygen atoms in total. The fourth-order valence-electron chi connectivity index (χ4n) is 0.760. The summed E-state index contributed by atoms with van der Waals surface area (Å²) in [4.78, 5) is 0. The summed E-state index contributed by atoms with van der Waals surface area (Å²) in [5, 5.41) is 35.3. The lowest BCUT2D eigenvalue weighted by atomic mass is 10.3. The lowest BCUT2D eigenvalue weighted by molar-refractivity contribution is 0.0493. The molecule has 0 aromatic rings. The molecule has 6 unspecified atom stereocenters. The molecule has 2 heterocycles. The van der Waals surface area contributed by atoms with E-state index in [2.05, 4.69) is 50.1 Å². The normalized spacial score (nSPS) is 26.3. The number of aliphatic hydroxyl groups excluding tert-OH is 4. The van der Waals surface area contributed by atoms with E-state index >= 15 is 0 Å². The molecule has 0 saturated carbocycles. The number of hydrogen-bond acceptors (Lipinski definition) is 12. The zero-order valence-corrected chi connectivity index (χ0v) is 21.6. The lowest BCUT2D eigenvalue weighted by Gasteiger charge is -2.20. The van der Waals surface area contributed by atoms with Crippen molar-refractivity contribution >= 4 is 108 Å². The average molecular weight is 538 g/mol. The van der Waals surface area contributed by atoms with E-state index in [1.165, 1.54) is 13.3 Å². The van der Waals surface area contributed by atoms with Crippen molar-refractivity contribution in [3.63, 3.8) is 0 Å². The van der Waals surface area contributed by atoms with Crippen LogP contribution >= 0.6 is 108 Å². The van der Waals surface area contributed by atoms with E-state index in [9.17, 15) is 0 Å². The van der Waals surface area contributed by atoms with Gasteiger partial charge in [0.15, 0.2) is 0 Å².